The molecule has 2 aromatic carbocycles. The van der Waals surface area contributed by atoms with Gasteiger partial charge >= 0.3 is 0 Å². The number of nitrogens with zero attached hydrogens (tertiary/aromatic N) is 3. The van der Waals surface area contributed by atoms with Gasteiger partial charge in [-0.15, -0.1) is 11.3 Å². The number of anilines is 1. The number of ether oxygens (including phenoxy) is 2. The number of piperazine rings is 1. The Labute approximate surface area is 186 Å². The van der Waals surface area contributed by atoms with Crippen molar-refractivity contribution >= 4 is 26.5 Å². The molecule has 0 saturated carbocycles. The second-order valence-corrected chi connectivity index (χ2v) is 9.97. The van der Waals surface area contributed by atoms with Gasteiger partial charge in [-0.1, -0.05) is 30.3 Å². The molecule has 0 aliphatic carbocycles. The van der Waals surface area contributed by atoms with Crippen LogP contribution in [-0.2, 0) is 16.4 Å². The molecule has 2 heterocycles. The third kappa shape index (κ3) is 4.68. The number of hydrogen-bond donors (Lipinski definition) is 0. The molecule has 164 valence electrons. The molecular weight excluding hydrogens is 434 g/mol. The SMILES string of the molecule is COc1ccc(S(=O)(=O)N2CCN(c3nc(Cc4ccccc4)cs3)CC2)cc1OC. The van der Waals surface area contributed by atoms with Crippen LogP contribution in [0.2, 0.25) is 0 Å². The second-order valence-electron chi connectivity index (χ2n) is 7.19. The fourth-order valence-corrected chi connectivity index (χ4v) is 5.89. The lowest BCUT2D eigenvalue weighted by Crippen LogP contribution is -2.48. The minimum Gasteiger partial charge on any atom is -0.493 e. The monoisotopic (exact) mass is 459 g/mol. The first-order valence-electron chi connectivity index (χ1n) is 9.96. The average molecular weight is 460 g/mol. The van der Waals surface area contributed by atoms with Gasteiger partial charge in [0.1, 0.15) is 0 Å². The highest BCUT2D eigenvalue weighted by molar-refractivity contribution is 7.89. The third-order valence-electron chi connectivity index (χ3n) is 5.27. The van der Waals surface area contributed by atoms with E-state index in [0.717, 1.165) is 17.2 Å². The summed E-state index contributed by atoms with van der Waals surface area (Å²) >= 11 is 1.61. The number of rotatable bonds is 7. The molecule has 1 aliphatic rings. The fourth-order valence-electron chi connectivity index (χ4n) is 3.57. The summed E-state index contributed by atoms with van der Waals surface area (Å²) in [7, 11) is -0.590. The molecule has 1 saturated heterocycles. The number of hydrogen-bond acceptors (Lipinski definition) is 7. The van der Waals surface area contributed by atoms with E-state index >= 15 is 0 Å². The Kier molecular flexibility index (Phi) is 6.45. The maximum atomic E-state index is 13.1. The maximum Gasteiger partial charge on any atom is 0.243 e. The average Bonchev–Trinajstić information content (AvgIpc) is 3.27. The Morgan fingerprint density at radius 3 is 2.35 bits per heavy atom. The van der Waals surface area contributed by atoms with Crippen molar-refractivity contribution in [2.45, 2.75) is 11.3 Å². The van der Waals surface area contributed by atoms with E-state index in [2.05, 4.69) is 22.4 Å². The van der Waals surface area contributed by atoms with Gasteiger partial charge in [0, 0.05) is 44.0 Å². The smallest absolute Gasteiger partial charge is 0.243 e. The number of thiazole rings is 1. The largest absolute Gasteiger partial charge is 0.493 e. The summed E-state index contributed by atoms with van der Waals surface area (Å²) < 4.78 is 38.2. The van der Waals surface area contributed by atoms with Gasteiger partial charge in [-0.2, -0.15) is 4.31 Å². The molecule has 31 heavy (non-hydrogen) atoms. The zero-order chi connectivity index (χ0) is 21.8. The van der Waals surface area contributed by atoms with E-state index in [1.165, 1.54) is 30.2 Å². The van der Waals surface area contributed by atoms with E-state index in [0.29, 0.717) is 37.7 Å². The Morgan fingerprint density at radius 2 is 1.68 bits per heavy atom. The lowest BCUT2D eigenvalue weighted by molar-refractivity contribution is 0.353. The van der Waals surface area contributed by atoms with Crippen molar-refractivity contribution in [3.05, 3.63) is 65.2 Å². The van der Waals surface area contributed by atoms with Gasteiger partial charge in [0.2, 0.25) is 10.0 Å². The van der Waals surface area contributed by atoms with E-state index in [4.69, 9.17) is 14.5 Å². The molecule has 0 spiro atoms. The fraction of sp³-hybridized carbons (Fsp3) is 0.318. The van der Waals surface area contributed by atoms with Gasteiger partial charge in [-0.25, -0.2) is 13.4 Å². The van der Waals surface area contributed by atoms with Crippen molar-refractivity contribution in [2.75, 3.05) is 45.3 Å². The molecule has 1 fully saturated rings. The summed E-state index contributed by atoms with van der Waals surface area (Å²) in [4.78, 5) is 7.12. The summed E-state index contributed by atoms with van der Waals surface area (Å²) in [6.07, 6.45) is 0.797. The first-order chi connectivity index (χ1) is 15.0. The van der Waals surface area contributed by atoms with Crippen LogP contribution in [0.5, 0.6) is 11.5 Å². The van der Waals surface area contributed by atoms with Crippen LogP contribution in [0.4, 0.5) is 5.13 Å². The van der Waals surface area contributed by atoms with Crippen LogP contribution in [0.25, 0.3) is 0 Å². The number of benzene rings is 2. The number of aromatic nitrogens is 1. The van der Waals surface area contributed by atoms with Gasteiger partial charge in [-0.05, 0) is 17.7 Å². The summed E-state index contributed by atoms with van der Waals surface area (Å²) in [5.74, 6) is 0.900. The molecule has 3 aromatic rings. The predicted octanol–water partition coefficient (Wildman–Crippen LogP) is 3.26. The highest BCUT2D eigenvalue weighted by atomic mass is 32.2. The zero-order valence-electron chi connectivity index (χ0n) is 17.5. The molecule has 0 atom stereocenters. The normalized spacial score (nSPS) is 15.1. The van der Waals surface area contributed by atoms with Crippen LogP contribution in [0, 0.1) is 0 Å². The van der Waals surface area contributed by atoms with Gasteiger partial charge in [0.15, 0.2) is 16.6 Å². The molecule has 0 bridgehead atoms. The van der Waals surface area contributed by atoms with Crippen LogP contribution >= 0.6 is 11.3 Å². The summed E-state index contributed by atoms with van der Waals surface area (Å²) in [6, 6.07) is 14.9. The predicted molar refractivity (Wildman–Crippen MR) is 122 cm³/mol. The van der Waals surface area contributed by atoms with Crippen molar-refractivity contribution in [2.24, 2.45) is 0 Å². The maximum absolute atomic E-state index is 13.1. The van der Waals surface area contributed by atoms with Gasteiger partial charge in [0.05, 0.1) is 24.8 Å². The molecule has 0 unspecified atom stereocenters. The van der Waals surface area contributed by atoms with Crippen molar-refractivity contribution in [3.63, 3.8) is 0 Å². The lowest BCUT2D eigenvalue weighted by atomic mass is 10.1. The molecule has 0 amide bonds. The molecule has 9 heteroatoms. The molecular formula is C22H25N3O4S2. The Hall–Kier alpha value is -2.62. The molecule has 1 aromatic heterocycles. The van der Waals surface area contributed by atoms with Gasteiger partial charge in [0.25, 0.3) is 0 Å². The van der Waals surface area contributed by atoms with Crippen LogP contribution in [-0.4, -0.2) is 58.1 Å². The van der Waals surface area contributed by atoms with Crippen LogP contribution in [0.3, 0.4) is 0 Å². The van der Waals surface area contributed by atoms with Crippen molar-refractivity contribution in [3.8, 4) is 11.5 Å². The first-order valence-corrected chi connectivity index (χ1v) is 12.3. The molecule has 1 aliphatic heterocycles. The molecule has 0 radical (unpaired) electrons. The highest BCUT2D eigenvalue weighted by Crippen LogP contribution is 2.31. The topological polar surface area (TPSA) is 72.0 Å². The van der Waals surface area contributed by atoms with Crippen LogP contribution in [0.15, 0.2) is 58.8 Å². The van der Waals surface area contributed by atoms with Gasteiger partial charge in [-0.3, -0.25) is 0 Å². The molecule has 7 nitrogen and oxygen atoms in total. The van der Waals surface area contributed by atoms with Crippen molar-refractivity contribution in [1.82, 2.24) is 9.29 Å². The Bertz CT molecular complexity index is 1120. The van der Waals surface area contributed by atoms with E-state index in [1.54, 1.807) is 23.5 Å². The summed E-state index contributed by atoms with van der Waals surface area (Å²) in [6.45, 7) is 2.02. The minimum absolute atomic E-state index is 0.206. The third-order valence-corrected chi connectivity index (χ3v) is 8.11. The quantitative estimate of drug-likeness (QED) is 0.540. The minimum atomic E-state index is -3.61. The van der Waals surface area contributed by atoms with Crippen LogP contribution < -0.4 is 14.4 Å². The second kappa shape index (κ2) is 9.25. The number of methoxy groups -OCH3 is 2. The standard InChI is InChI=1S/C22H25N3O4S2/c1-28-20-9-8-19(15-21(20)29-2)31(26,27)25-12-10-24(11-13-25)22-23-18(16-30-22)14-17-6-4-3-5-7-17/h3-9,15-16H,10-14H2,1-2H3. The molecule has 4 rings (SSSR count). The number of sulfonamides is 1. The highest BCUT2D eigenvalue weighted by Gasteiger charge is 2.30. The Morgan fingerprint density at radius 1 is 0.968 bits per heavy atom. The van der Waals surface area contributed by atoms with E-state index in [9.17, 15) is 8.42 Å². The van der Waals surface area contributed by atoms with Gasteiger partial charge < -0.3 is 14.4 Å². The Balaban J connectivity index is 1.41. The van der Waals surface area contributed by atoms with Crippen molar-refractivity contribution in [1.29, 1.82) is 0 Å². The van der Waals surface area contributed by atoms with E-state index in [1.807, 2.05) is 18.2 Å². The zero-order valence-corrected chi connectivity index (χ0v) is 19.2. The van der Waals surface area contributed by atoms with Crippen LogP contribution in [0.1, 0.15) is 11.3 Å². The lowest BCUT2D eigenvalue weighted by Gasteiger charge is -2.33. The van der Waals surface area contributed by atoms with E-state index in [-0.39, 0.29) is 4.90 Å². The first kappa shape index (κ1) is 21.6. The molecule has 0 N–H and O–H groups in total. The summed E-state index contributed by atoms with van der Waals surface area (Å²) in [5.41, 5.74) is 2.26. The van der Waals surface area contributed by atoms with Crippen molar-refractivity contribution < 1.29 is 17.9 Å². The summed E-state index contributed by atoms with van der Waals surface area (Å²) in [5, 5.41) is 3.02. The van der Waals surface area contributed by atoms with E-state index < -0.39 is 10.0 Å².